The van der Waals surface area contributed by atoms with Crippen LogP contribution in [0.25, 0.3) is 0 Å². The van der Waals surface area contributed by atoms with E-state index in [0.717, 1.165) is 0 Å². The highest BCUT2D eigenvalue weighted by atomic mass is 16.5. The summed E-state index contributed by atoms with van der Waals surface area (Å²) in [6, 6.07) is 15.6. The van der Waals surface area contributed by atoms with Gasteiger partial charge in [-0.05, 0) is 38.1 Å². The van der Waals surface area contributed by atoms with Crippen molar-refractivity contribution in [1.82, 2.24) is 4.90 Å². The zero-order chi connectivity index (χ0) is 19.4. The number of benzene rings is 2. The molecule has 6 nitrogen and oxygen atoms in total. The van der Waals surface area contributed by atoms with Crippen molar-refractivity contribution in [3.8, 4) is 5.75 Å². The molecule has 140 valence electrons. The Morgan fingerprint density at radius 3 is 2.52 bits per heavy atom. The smallest absolute Gasteiger partial charge is 0.316 e. The fraction of sp³-hybridized carbons (Fsp3) is 0.286. The van der Waals surface area contributed by atoms with Crippen LogP contribution in [0.4, 0.5) is 5.69 Å². The van der Waals surface area contributed by atoms with Crippen LogP contribution < -0.4 is 10.1 Å². The first-order valence-electron chi connectivity index (χ1n) is 8.91. The number of nitrogens with one attached hydrogen (secondary N) is 1. The number of carbonyl (C=O) groups is 3. The van der Waals surface area contributed by atoms with Crippen LogP contribution in [-0.2, 0) is 9.59 Å². The van der Waals surface area contributed by atoms with E-state index in [2.05, 4.69) is 5.32 Å². The Kier molecular flexibility index (Phi) is 5.54. The molecule has 27 heavy (non-hydrogen) atoms. The number of esters is 1. The summed E-state index contributed by atoms with van der Waals surface area (Å²) in [5, 5.41) is 2.78. The molecular formula is C21H22N2O4. The second-order valence-corrected chi connectivity index (χ2v) is 6.81. The summed E-state index contributed by atoms with van der Waals surface area (Å²) in [5.74, 6) is -0.842. The normalized spacial score (nSPS) is 16.5. The van der Waals surface area contributed by atoms with Crippen LogP contribution >= 0.6 is 0 Å². The lowest BCUT2D eigenvalue weighted by Gasteiger charge is -2.20. The lowest BCUT2D eigenvalue weighted by molar-refractivity contribution is -0.139. The number of amides is 2. The number of rotatable bonds is 5. The first-order chi connectivity index (χ1) is 12.9. The Labute approximate surface area is 158 Å². The second kappa shape index (κ2) is 8.03. The number of hydrogen-bond donors (Lipinski definition) is 1. The summed E-state index contributed by atoms with van der Waals surface area (Å²) in [6.07, 6.45) is 0.168. The van der Waals surface area contributed by atoms with Gasteiger partial charge in [0.25, 0.3) is 5.91 Å². The molecule has 1 N–H and O–H groups in total. The maximum Gasteiger partial charge on any atom is 0.316 e. The zero-order valence-electron chi connectivity index (χ0n) is 15.3. The molecule has 0 bridgehead atoms. The molecule has 1 aliphatic rings. The second-order valence-electron chi connectivity index (χ2n) is 6.81. The Bertz CT molecular complexity index is 848. The van der Waals surface area contributed by atoms with E-state index in [9.17, 15) is 14.4 Å². The minimum Gasteiger partial charge on any atom is -0.426 e. The molecular weight excluding hydrogens is 344 g/mol. The fourth-order valence-corrected chi connectivity index (χ4v) is 3.02. The average Bonchev–Trinajstić information content (AvgIpc) is 3.05. The number of ether oxygens (including phenoxy) is 1. The molecule has 1 atom stereocenters. The van der Waals surface area contributed by atoms with Gasteiger partial charge in [-0.1, -0.05) is 24.3 Å². The third-order valence-corrected chi connectivity index (χ3v) is 4.46. The van der Waals surface area contributed by atoms with Crippen molar-refractivity contribution in [3.63, 3.8) is 0 Å². The molecule has 0 spiro atoms. The monoisotopic (exact) mass is 366 g/mol. The van der Waals surface area contributed by atoms with Crippen LogP contribution in [-0.4, -0.2) is 35.3 Å². The Morgan fingerprint density at radius 1 is 1.11 bits per heavy atom. The first-order valence-corrected chi connectivity index (χ1v) is 8.91. The van der Waals surface area contributed by atoms with Crippen molar-refractivity contribution in [2.75, 3.05) is 11.9 Å². The van der Waals surface area contributed by atoms with Gasteiger partial charge in [0.05, 0.1) is 5.92 Å². The molecule has 2 aromatic carbocycles. The molecule has 1 heterocycles. The zero-order valence-corrected chi connectivity index (χ0v) is 15.3. The van der Waals surface area contributed by atoms with E-state index in [1.165, 1.54) is 0 Å². The van der Waals surface area contributed by atoms with Crippen LogP contribution in [0.5, 0.6) is 5.75 Å². The molecule has 1 aliphatic heterocycles. The predicted molar refractivity (Wildman–Crippen MR) is 101 cm³/mol. The molecule has 1 unspecified atom stereocenters. The van der Waals surface area contributed by atoms with Crippen LogP contribution in [0, 0.1) is 5.92 Å². The number of hydrogen-bond acceptors (Lipinski definition) is 4. The van der Waals surface area contributed by atoms with Gasteiger partial charge in [-0.25, -0.2) is 0 Å². The highest BCUT2D eigenvalue weighted by molar-refractivity contribution is 6.04. The van der Waals surface area contributed by atoms with Gasteiger partial charge in [-0.2, -0.15) is 0 Å². The van der Waals surface area contributed by atoms with Gasteiger partial charge in [0.15, 0.2) is 0 Å². The molecule has 2 aromatic rings. The standard InChI is InChI=1S/C21H22N2O4/c1-14(2)23-13-16(11-19(23)24)21(26)27-18-10-6-9-17(12-18)22-20(25)15-7-4-3-5-8-15/h3-10,12,14,16H,11,13H2,1-2H3,(H,22,25). The summed E-state index contributed by atoms with van der Waals surface area (Å²) in [5.41, 5.74) is 1.07. The molecule has 0 aromatic heterocycles. The van der Waals surface area contributed by atoms with Crippen molar-refractivity contribution in [2.45, 2.75) is 26.3 Å². The van der Waals surface area contributed by atoms with Crippen LogP contribution in [0.2, 0.25) is 0 Å². The van der Waals surface area contributed by atoms with Gasteiger partial charge < -0.3 is 15.0 Å². The van der Waals surface area contributed by atoms with Crippen molar-refractivity contribution < 1.29 is 19.1 Å². The van der Waals surface area contributed by atoms with Crippen LogP contribution in [0.15, 0.2) is 54.6 Å². The third kappa shape index (κ3) is 4.53. The maximum atomic E-state index is 12.4. The number of nitrogens with zero attached hydrogens (tertiary/aromatic N) is 1. The van der Waals surface area contributed by atoms with E-state index in [1.54, 1.807) is 53.4 Å². The maximum absolute atomic E-state index is 12.4. The van der Waals surface area contributed by atoms with Crippen molar-refractivity contribution >= 4 is 23.5 Å². The van der Waals surface area contributed by atoms with Gasteiger partial charge in [0, 0.05) is 36.3 Å². The van der Waals surface area contributed by atoms with Gasteiger partial charge in [-0.15, -0.1) is 0 Å². The number of carbonyl (C=O) groups excluding carboxylic acids is 3. The van der Waals surface area contributed by atoms with E-state index < -0.39 is 11.9 Å². The summed E-state index contributed by atoms with van der Waals surface area (Å²) < 4.78 is 5.43. The fourth-order valence-electron chi connectivity index (χ4n) is 3.02. The van der Waals surface area contributed by atoms with Gasteiger partial charge in [-0.3, -0.25) is 14.4 Å². The van der Waals surface area contributed by atoms with Crippen LogP contribution in [0.1, 0.15) is 30.6 Å². The lowest BCUT2D eigenvalue weighted by Crippen LogP contribution is -2.33. The molecule has 1 saturated heterocycles. The molecule has 2 amide bonds. The van der Waals surface area contributed by atoms with E-state index in [4.69, 9.17) is 4.74 Å². The van der Waals surface area contributed by atoms with E-state index in [1.807, 2.05) is 19.9 Å². The summed E-state index contributed by atoms with van der Waals surface area (Å²) >= 11 is 0. The van der Waals surface area contributed by atoms with Crippen molar-refractivity contribution in [2.24, 2.45) is 5.92 Å². The summed E-state index contributed by atoms with van der Waals surface area (Å²) in [4.78, 5) is 38.3. The number of anilines is 1. The molecule has 0 aliphatic carbocycles. The lowest BCUT2D eigenvalue weighted by atomic mass is 10.1. The van der Waals surface area contributed by atoms with Crippen molar-refractivity contribution in [1.29, 1.82) is 0 Å². The van der Waals surface area contributed by atoms with Gasteiger partial charge >= 0.3 is 5.97 Å². The Morgan fingerprint density at radius 2 is 1.85 bits per heavy atom. The average molecular weight is 366 g/mol. The summed E-state index contributed by atoms with van der Waals surface area (Å²) in [7, 11) is 0. The van der Waals surface area contributed by atoms with Gasteiger partial charge in [0.1, 0.15) is 5.75 Å². The van der Waals surface area contributed by atoms with E-state index in [0.29, 0.717) is 23.5 Å². The molecule has 1 fully saturated rings. The Hall–Kier alpha value is -3.15. The van der Waals surface area contributed by atoms with E-state index >= 15 is 0 Å². The molecule has 0 radical (unpaired) electrons. The van der Waals surface area contributed by atoms with E-state index in [-0.39, 0.29) is 24.3 Å². The molecule has 3 rings (SSSR count). The third-order valence-electron chi connectivity index (χ3n) is 4.46. The summed E-state index contributed by atoms with van der Waals surface area (Å²) in [6.45, 7) is 4.22. The number of likely N-dealkylation sites (tertiary alicyclic amines) is 1. The topological polar surface area (TPSA) is 75.7 Å². The molecule has 6 heteroatoms. The highest BCUT2D eigenvalue weighted by Gasteiger charge is 2.36. The molecule has 0 saturated carbocycles. The SMILES string of the molecule is CC(C)N1CC(C(=O)Oc2cccc(NC(=O)c3ccccc3)c2)CC1=O. The highest BCUT2D eigenvalue weighted by Crippen LogP contribution is 2.24. The van der Waals surface area contributed by atoms with Gasteiger partial charge in [0.2, 0.25) is 5.91 Å². The quantitative estimate of drug-likeness (QED) is 0.652. The Balaban J connectivity index is 1.63. The van der Waals surface area contributed by atoms with Crippen molar-refractivity contribution in [3.05, 3.63) is 60.2 Å². The predicted octanol–water partition coefficient (Wildman–Crippen LogP) is 3.10. The minimum absolute atomic E-state index is 0.0316. The largest absolute Gasteiger partial charge is 0.426 e. The first kappa shape index (κ1) is 18.6. The van der Waals surface area contributed by atoms with Crippen LogP contribution in [0.3, 0.4) is 0 Å². The minimum atomic E-state index is -0.470.